The molecular weight excluding hydrogens is 202 g/mol. The molecule has 0 aromatic carbocycles. The molecule has 0 amide bonds. The molecule has 4 heterocycles. The summed E-state index contributed by atoms with van der Waals surface area (Å²) in [6.07, 6.45) is 2.32. The summed E-state index contributed by atoms with van der Waals surface area (Å²) in [6, 6.07) is 0.956. The Morgan fingerprint density at radius 1 is 1.06 bits per heavy atom. The number of nitrogens with zero attached hydrogens (tertiary/aromatic N) is 2. The zero-order valence-corrected chi connectivity index (χ0v) is 9.98. The van der Waals surface area contributed by atoms with E-state index < -0.39 is 0 Å². The van der Waals surface area contributed by atoms with E-state index in [1.165, 1.54) is 32.7 Å². The van der Waals surface area contributed by atoms with Crippen LogP contribution < -0.4 is 5.73 Å². The molecule has 2 atom stereocenters. The fourth-order valence-corrected chi connectivity index (χ4v) is 3.44. The first-order valence-corrected chi connectivity index (χ1v) is 6.64. The van der Waals surface area contributed by atoms with Crippen molar-refractivity contribution in [2.45, 2.75) is 24.9 Å². The van der Waals surface area contributed by atoms with Gasteiger partial charge < -0.3 is 10.5 Å². The van der Waals surface area contributed by atoms with E-state index >= 15 is 0 Å². The Hall–Kier alpha value is -0.160. The van der Waals surface area contributed by atoms with Crippen molar-refractivity contribution < 1.29 is 4.74 Å². The van der Waals surface area contributed by atoms with E-state index in [4.69, 9.17) is 10.5 Å². The average Bonchev–Trinajstić information content (AvgIpc) is 2.40. The second-order valence-electron chi connectivity index (χ2n) is 5.43. The lowest BCUT2D eigenvalue weighted by molar-refractivity contribution is -0.0207. The van der Waals surface area contributed by atoms with E-state index in [0.717, 1.165) is 26.1 Å². The zero-order chi connectivity index (χ0) is 11.0. The molecular formula is C12H23N3O. The van der Waals surface area contributed by atoms with Gasteiger partial charge in [-0.3, -0.25) is 9.80 Å². The summed E-state index contributed by atoms with van der Waals surface area (Å²) < 4.78 is 5.42. The van der Waals surface area contributed by atoms with E-state index in [0.29, 0.717) is 18.0 Å². The van der Waals surface area contributed by atoms with Gasteiger partial charge in [0, 0.05) is 58.0 Å². The van der Waals surface area contributed by atoms with Crippen LogP contribution >= 0.6 is 0 Å². The summed E-state index contributed by atoms with van der Waals surface area (Å²) in [6.45, 7) is 7.96. The number of nitrogens with two attached hydrogens (primary N) is 1. The predicted molar refractivity (Wildman–Crippen MR) is 63.3 cm³/mol. The topological polar surface area (TPSA) is 41.7 Å². The largest absolute Gasteiger partial charge is 0.381 e. The molecule has 4 nitrogen and oxygen atoms in total. The van der Waals surface area contributed by atoms with E-state index in [1.807, 2.05) is 0 Å². The summed E-state index contributed by atoms with van der Waals surface area (Å²) in [7, 11) is 0. The van der Waals surface area contributed by atoms with Crippen LogP contribution in [0.15, 0.2) is 0 Å². The summed E-state index contributed by atoms with van der Waals surface area (Å²) in [5.41, 5.74) is 6.49. The van der Waals surface area contributed by atoms with Crippen LogP contribution in [0.25, 0.3) is 0 Å². The molecule has 4 fully saturated rings. The number of rotatable bonds is 2. The van der Waals surface area contributed by atoms with Crippen molar-refractivity contribution in [2.75, 3.05) is 45.9 Å². The van der Waals surface area contributed by atoms with Crippen molar-refractivity contribution in [3.8, 4) is 0 Å². The molecule has 2 unspecified atom stereocenters. The van der Waals surface area contributed by atoms with E-state index in [2.05, 4.69) is 9.80 Å². The van der Waals surface area contributed by atoms with Crippen molar-refractivity contribution in [3.63, 3.8) is 0 Å². The second-order valence-corrected chi connectivity index (χ2v) is 5.43. The molecule has 4 aliphatic heterocycles. The molecule has 2 bridgehead atoms. The third-order valence-corrected chi connectivity index (χ3v) is 4.58. The van der Waals surface area contributed by atoms with Crippen molar-refractivity contribution in [3.05, 3.63) is 0 Å². The molecule has 2 N–H and O–H groups in total. The highest BCUT2D eigenvalue weighted by Crippen LogP contribution is 2.25. The van der Waals surface area contributed by atoms with Crippen LogP contribution in [0.4, 0.5) is 0 Å². The lowest BCUT2D eigenvalue weighted by Crippen LogP contribution is -2.67. The molecule has 0 radical (unpaired) electrons. The van der Waals surface area contributed by atoms with Gasteiger partial charge in [-0.15, -0.1) is 0 Å². The highest BCUT2D eigenvalue weighted by atomic mass is 16.5. The lowest BCUT2D eigenvalue weighted by Gasteiger charge is -2.51. The van der Waals surface area contributed by atoms with Crippen LogP contribution in [0.2, 0.25) is 0 Å². The molecule has 92 valence electrons. The molecule has 0 aliphatic carbocycles. The van der Waals surface area contributed by atoms with Crippen molar-refractivity contribution in [2.24, 2.45) is 11.7 Å². The standard InChI is InChI=1S/C12H23N3O/c13-12(10-1-7-16-8-2-10)11-9-14-3-5-15(11)6-4-14/h10-12H,1-9,13H2. The minimum absolute atomic E-state index is 0.354. The molecule has 16 heavy (non-hydrogen) atoms. The molecule has 0 saturated carbocycles. The lowest BCUT2D eigenvalue weighted by atomic mass is 9.85. The van der Waals surface area contributed by atoms with Gasteiger partial charge in [0.1, 0.15) is 0 Å². The third-order valence-electron chi connectivity index (χ3n) is 4.58. The normalized spacial score (nSPS) is 42.2. The van der Waals surface area contributed by atoms with Crippen LogP contribution in [-0.4, -0.2) is 67.8 Å². The predicted octanol–water partition coefficient (Wildman–Crippen LogP) is -0.260. The third kappa shape index (κ3) is 1.99. The average molecular weight is 225 g/mol. The monoisotopic (exact) mass is 225 g/mol. The quantitative estimate of drug-likeness (QED) is 0.703. The zero-order valence-electron chi connectivity index (χ0n) is 9.98. The Balaban J connectivity index is 1.63. The maximum Gasteiger partial charge on any atom is 0.0469 e. The Morgan fingerprint density at radius 2 is 1.75 bits per heavy atom. The Kier molecular flexibility index (Phi) is 3.16. The molecule has 0 aromatic heterocycles. The molecule has 0 spiro atoms. The molecule has 4 heteroatoms. The van der Waals surface area contributed by atoms with Gasteiger partial charge in [0.15, 0.2) is 0 Å². The number of hydrogen-bond acceptors (Lipinski definition) is 4. The fourth-order valence-electron chi connectivity index (χ4n) is 3.44. The van der Waals surface area contributed by atoms with Crippen molar-refractivity contribution >= 4 is 0 Å². The SMILES string of the molecule is NC(C1CCOCC1)C1CN2CCN1CC2. The number of ether oxygens (including phenoxy) is 1. The van der Waals surface area contributed by atoms with Crippen molar-refractivity contribution in [1.29, 1.82) is 0 Å². The molecule has 4 saturated heterocycles. The van der Waals surface area contributed by atoms with E-state index in [9.17, 15) is 0 Å². The Morgan fingerprint density at radius 3 is 2.31 bits per heavy atom. The minimum atomic E-state index is 0.354. The van der Waals surface area contributed by atoms with Crippen LogP contribution in [-0.2, 0) is 4.74 Å². The van der Waals surface area contributed by atoms with Crippen LogP contribution in [0.3, 0.4) is 0 Å². The number of piperazine rings is 3. The first-order chi connectivity index (χ1) is 7.84. The first-order valence-electron chi connectivity index (χ1n) is 6.64. The summed E-state index contributed by atoms with van der Waals surface area (Å²) >= 11 is 0. The molecule has 0 aromatic rings. The Bertz CT molecular complexity index is 234. The van der Waals surface area contributed by atoms with E-state index in [-0.39, 0.29) is 0 Å². The van der Waals surface area contributed by atoms with E-state index in [1.54, 1.807) is 0 Å². The van der Waals surface area contributed by atoms with Crippen molar-refractivity contribution in [1.82, 2.24) is 9.80 Å². The molecule has 4 rings (SSSR count). The van der Waals surface area contributed by atoms with Gasteiger partial charge in [0.2, 0.25) is 0 Å². The van der Waals surface area contributed by atoms with Gasteiger partial charge in [-0.2, -0.15) is 0 Å². The van der Waals surface area contributed by atoms with Gasteiger partial charge in [-0.1, -0.05) is 0 Å². The van der Waals surface area contributed by atoms with Gasteiger partial charge in [-0.05, 0) is 18.8 Å². The summed E-state index contributed by atoms with van der Waals surface area (Å²) in [5.74, 6) is 0.680. The molecule has 4 aliphatic rings. The summed E-state index contributed by atoms with van der Waals surface area (Å²) in [5, 5.41) is 0. The van der Waals surface area contributed by atoms with Crippen LogP contribution in [0.5, 0.6) is 0 Å². The minimum Gasteiger partial charge on any atom is -0.381 e. The smallest absolute Gasteiger partial charge is 0.0469 e. The number of fused-ring (bicyclic) bond motifs is 3. The Labute approximate surface area is 97.7 Å². The highest BCUT2D eigenvalue weighted by molar-refractivity contribution is 4.96. The van der Waals surface area contributed by atoms with Gasteiger partial charge >= 0.3 is 0 Å². The highest BCUT2D eigenvalue weighted by Gasteiger charge is 2.38. The van der Waals surface area contributed by atoms with Gasteiger partial charge in [-0.25, -0.2) is 0 Å². The fraction of sp³-hybridized carbons (Fsp3) is 1.00. The first kappa shape index (κ1) is 11.0. The van der Waals surface area contributed by atoms with Gasteiger partial charge in [0.05, 0.1) is 0 Å². The number of hydrogen-bond donors (Lipinski definition) is 1. The van der Waals surface area contributed by atoms with Crippen LogP contribution in [0.1, 0.15) is 12.8 Å². The maximum absolute atomic E-state index is 6.49. The maximum atomic E-state index is 6.49. The second kappa shape index (κ2) is 4.61. The van der Waals surface area contributed by atoms with Gasteiger partial charge in [0.25, 0.3) is 0 Å². The van der Waals surface area contributed by atoms with Crippen LogP contribution in [0, 0.1) is 5.92 Å². The summed E-state index contributed by atoms with van der Waals surface area (Å²) in [4.78, 5) is 5.18.